The van der Waals surface area contributed by atoms with E-state index in [1.54, 1.807) is 0 Å². The molecule has 1 aromatic carbocycles. The number of rotatable bonds is 1. The lowest BCUT2D eigenvalue weighted by Crippen LogP contribution is -2.39. The molecule has 4 nitrogen and oxygen atoms in total. The van der Waals surface area contributed by atoms with Crippen LogP contribution in [0.4, 0.5) is 16.2 Å². The Bertz CT molecular complexity index is 451. The minimum Gasteiger partial charge on any atom is -0.397 e. The van der Waals surface area contributed by atoms with Crippen molar-refractivity contribution in [2.75, 3.05) is 24.1 Å². The van der Waals surface area contributed by atoms with Crippen molar-refractivity contribution < 1.29 is 4.79 Å². The number of aryl methyl sites for hydroxylation is 1. The Hall–Kier alpha value is -1.71. The predicted octanol–water partition coefficient (Wildman–Crippen LogP) is 2.90. The van der Waals surface area contributed by atoms with Crippen molar-refractivity contribution in [1.29, 1.82) is 0 Å². The molecule has 1 heterocycles. The molecule has 0 unspecified atom stereocenters. The van der Waals surface area contributed by atoms with Crippen molar-refractivity contribution in [3.8, 4) is 0 Å². The fraction of sp³-hybridized carbons (Fsp3) is 0.500. The van der Waals surface area contributed by atoms with E-state index in [1.165, 1.54) is 6.42 Å². The molecule has 1 saturated heterocycles. The Labute approximate surface area is 108 Å². The molecule has 0 bridgehead atoms. The molecule has 2 amide bonds. The van der Waals surface area contributed by atoms with Crippen LogP contribution >= 0.6 is 0 Å². The van der Waals surface area contributed by atoms with E-state index in [4.69, 9.17) is 5.73 Å². The van der Waals surface area contributed by atoms with Gasteiger partial charge in [0.2, 0.25) is 0 Å². The molecule has 1 aliphatic rings. The SMILES string of the molecule is Cc1ccc(N)c(NC(=O)N2CCCCC2)c1C. The fourth-order valence-corrected chi connectivity index (χ4v) is 2.29. The highest BCUT2D eigenvalue weighted by molar-refractivity contribution is 5.94. The Morgan fingerprint density at radius 3 is 2.56 bits per heavy atom. The average Bonchev–Trinajstić information content (AvgIpc) is 2.40. The van der Waals surface area contributed by atoms with Crippen LogP contribution in [0.3, 0.4) is 0 Å². The summed E-state index contributed by atoms with van der Waals surface area (Å²) in [5, 5.41) is 2.95. The van der Waals surface area contributed by atoms with Crippen molar-refractivity contribution in [1.82, 2.24) is 4.90 Å². The molecule has 0 saturated carbocycles. The highest BCUT2D eigenvalue weighted by Gasteiger charge is 2.18. The first-order valence-corrected chi connectivity index (χ1v) is 6.51. The number of anilines is 2. The smallest absolute Gasteiger partial charge is 0.321 e. The molecule has 0 spiro atoms. The number of hydrogen-bond acceptors (Lipinski definition) is 2. The Kier molecular flexibility index (Phi) is 3.75. The molecular formula is C14H21N3O. The van der Waals surface area contributed by atoms with E-state index in [2.05, 4.69) is 5.32 Å². The van der Waals surface area contributed by atoms with Gasteiger partial charge in [-0.2, -0.15) is 0 Å². The number of nitrogens with one attached hydrogen (secondary N) is 1. The minimum absolute atomic E-state index is 0.0323. The quantitative estimate of drug-likeness (QED) is 0.750. The monoisotopic (exact) mass is 247 g/mol. The minimum atomic E-state index is -0.0323. The highest BCUT2D eigenvalue weighted by Crippen LogP contribution is 2.26. The summed E-state index contributed by atoms with van der Waals surface area (Å²) < 4.78 is 0. The standard InChI is InChI=1S/C14H21N3O/c1-10-6-7-12(15)13(11(10)2)16-14(18)17-8-4-3-5-9-17/h6-7H,3-5,8-9,15H2,1-2H3,(H,16,18). The van der Waals surface area contributed by atoms with Crippen molar-refractivity contribution >= 4 is 17.4 Å². The largest absolute Gasteiger partial charge is 0.397 e. The maximum atomic E-state index is 12.1. The maximum absolute atomic E-state index is 12.1. The number of benzene rings is 1. The van der Waals surface area contributed by atoms with Crippen molar-refractivity contribution in [2.24, 2.45) is 0 Å². The zero-order chi connectivity index (χ0) is 13.1. The lowest BCUT2D eigenvalue weighted by atomic mass is 10.1. The second-order valence-corrected chi connectivity index (χ2v) is 4.95. The fourth-order valence-electron chi connectivity index (χ4n) is 2.29. The van der Waals surface area contributed by atoms with Gasteiger partial charge in [0, 0.05) is 13.1 Å². The van der Waals surface area contributed by atoms with Crippen molar-refractivity contribution in [3.63, 3.8) is 0 Å². The van der Waals surface area contributed by atoms with Gasteiger partial charge in [0.05, 0.1) is 11.4 Å². The van der Waals surface area contributed by atoms with Gasteiger partial charge in [0.15, 0.2) is 0 Å². The second kappa shape index (κ2) is 5.29. The van der Waals surface area contributed by atoms with Gasteiger partial charge in [-0.15, -0.1) is 0 Å². The van der Waals surface area contributed by atoms with E-state index in [1.807, 2.05) is 30.9 Å². The van der Waals surface area contributed by atoms with Crippen LogP contribution in [0.25, 0.3) is 0 Å². The molecular weight excluding hydrogens is 226 g/mol. The van der Waals surface area contributed by atoms with E-state index in [0.717, 1.165) is 42.7 Å². The van der Waals surface area contributed by atoms with E-state index in [9.17, 15) is 4.79 Å². The molecule has 0 radical (unpaired) electrons. The number of nitrogen functional groups attached to an aromatic ring is 1. The first-order chi connectivity index (χ1) is 8.59. The summed E-state index contributed by atoms with van der Waals surface area (Å²) in [5.41, 5.74) is 9.50. The van der Waals surface area contributed by atoms with Gasteiger partial charge in [-0.1, -0.05) is 6.07 Å². The molecule has 0 atom stereocenters. The zero-order valence-corrected chi connectivity index (χ0v) is 11.1. The van der Waals surface area contributed by atoms with Crippen LogP contribution in [0.15, 0.2) is 12.1 Å². The van der Waals surface area contributed by atoms with Crippen LogP contribution in [0.5, 0.6) is 0 Å². The molecule has 0 aliphatic carbocycles. The van der Waals surface area contributed by atoms with Crippen LogP contribution in [-0.2, 0) is 0 Å². The first-order valence-electron chi connectivity index (χ1n) is 6.51. The summed E-state index contributed by atoms with van der Waals surface area (Å²) in [6.07, 6.45) is 3.40. The van der Waals surface area contributed by atoms with E-state index in [0.29, 0.717) is 5.69 Å². The van der Waals surface area contributed by atoms with Crippen molar-refractivity contribution in [2.45, 2.75) is 33.1 Å². The number of nitrogens with zero attached hydrogens (tertiary/aromatic N) is 1. The normalized spacial score (nSPS) is 15.6. The number of piperidine rings is 1. The maximum Gasteiger partial charge on any atom is 0.321 e. The Balaban J connectivity index is 2.13. The molecule has 1 aliphatic heterocycles. The van der Waals surface area contributed by atoms with Crippen LogP contribution < -0.4 is 11.1 Å². The molecule has 2 rings (SSSR count). The lowest BCUT2D eigenvalue weighted by molar-refractivity contribution is 0.200. The third kappa shape index (κ3) is 2.58. The van der Waals surface area contributed by atoms with E-state index < -0.39 is 0 Å². The summed E-state index contributed by atoms with van der Waals surface area (Å²) in [5.74, 6) is 0. The zero-order valence-electron chi connectivity index (χ0n) is 11.1. The number of carbonyl (C=O) groups is 1. The molecule has 18 heavy (non-hydrogen) atoms. The molecule has 3 N–H and O–H groups in total. The highest BCUT2D eigenvalue weighted by atomic mass is 16.2. The number of hydrogen-bond donors (Lipinski definition) is 2. The van der Waals surface area contributed by atoms with Crippen LogP contribution in [-0.4, -0.2) is 24.0 Å². The molecule has 98 valence electrons. The lowest BCUT2D eigenvalue weighted by Gasteiger charge is -2.27. The Morgan fingerprint density at radius 1 is 1.22 bits per heavy atom. The van der Waals surface area contributed by atoms with Crippen LogP contribution in [0.1, 0.15) is 30.4 Å². The molecule has 1 fully saturated rings. The second-order valence-electron chi connectivity index (χ2n) is 4.95. The van der Waals surface area contributed by atoms with Crippen molar-refractivity contribution in [3.05, 3.63) is 23.3 Å². The van der Waals surface area contributed by atoms with Gasteiger partial charge < -0.3 is 16.0 Å². The Morgan fingerprint density at radius 2 is 1.89 bits per heavy atom. The molecule has 1 aromatic rings. The first kappa shape index (κ1) is 12.7. The topological polar surface area (TPSA) is 58.4 Å². The number of carbonyl (C=O) groups excluding carboxylic acids is 1. The predicted molar refractivity (Wildman–Crippen MR) is 74.8 cm³/mol. The van der Waals surface area contributed by atoms with Gasteiger partial charge in [0.1, 0.15) is 0 Å². The van der Waals surface area contributed by atoms with E-state index in [-0.39, 0.29) is 6.03 Å². The van der Waals surface area contributed by atoms with Gasteiger partial charge in [0.25, 0.3) is 0 Å². The number of nitrogens with two attached hydrogens (primary N) is 1. The summed E-state index contributed by atoms with van der Waals surface area (Å²) in [4.78, 5) is 14.0. The van der Waals surface area contributed by atoms with Gasteiger partial charge >= 0.3 is 6.03 Å². The average molecular weight is 247 g/mol. The third-order valence-electron chi connectivity index (χ3n) is 3.64. The summed E-state index contributed by atoms with van der Waals surface area (Å²) in [6.45, 7) is 5.69. The van der Waals surface area contributed by atoms with Gasteiger partial charge in [-0.05, 0) is 50.3 Å². The third-order valence-corrected chi connectivity index (χ3v) is 3.64. The number of amides is 2. The molecule has 0 aromatic heterocycles. The summed E-state index contributed by atoms with van der Waals surface area (Å²) in [6, 6.07) is 3.78. The van der Waals surface area contributed by atoms with Crippen LogP contribution in [0.2, 0.25) is 0 Å². The number of urea groups is 1. The summed E-state index contributed by atoms with van der Waals surface area (Å²) in [7, 11) is 0. The van der Waals surface area contributed by atoms with E-state index >= 15 is 0 Å². The number of likely N-dealkylation sites (tertiary alicyclic amines) is 1. The van der Waals surface area contributed by atoms with Gasteiger partial charge in [-0.3, -0.25) is 0 Å². The summed E-state index contributed by atoms with van der Waals surface area (Å²) >= 11 is 0. The van der Waals surface area contributed by atoms with Crippen LogP contribution in [0, 0.1) is 13.8 Å². The molecule has 4 heteroatoms. The van der Waals surface area contributed by atoms with Gasteiger partial charge in [-0.25, -0.2) is 4.79 Å².